The van der Waals surface area contributed by atoms with Crippen LogP contribution in [0.4, 0.5) is 4.39 Å². The fourth-order valence-electron chi connectivity index (χ4n) is 4.19. The number of benzene rings is 3. The van der Waals surface area contributed by atoms with Crippen molar-refractivity contribution in [2.45, 2.75) is 13.0 Å². The lowest BCUT2D eigenvalue weighted by atomic mass is 10.0. The summed E-state index contributed by atoms with van der Waals surface area (Å²) < 4.78 is 24.8. The summed E-state index contributed by atoms with van der Waals surface area (Å²) in [5, 5.41) is 0.504. The molecule has 0 aliphatic carbocycles. The first-order valence-electron chi connectivity index (χ1n) is 11.0. The van der Waals surface area contributed by atoms with E-state index in [1.807, 2.05) is 0 Å². The SMILES string of the molecule is O=C1CCN(C(=O)c2ccc(-c3ccccc3F)cc2)CCN1Cc1cc2c(cc1Cl)OCO2. The van der Waals surface area contributed by atoms with Crippen LogP contribution in [0.15, 0.2) is 60.7 Å². The second kappa shape index (κ2) is 9.35. The van der Waals surface area contributed by atoms with E-state index in [0.717, 1.165) is 5.56 Å². The first-order chi connectivity index (χ1) is 16.5. The maximum atomic E-state index is 14.1. The van der Waals surface area contributed by atoms with Gasteiger partial charge < -0.3 is 19.3 Å². The molecule has 3 aromatic carbocycles. The van der Waals surface area contributed by atoms with Crippen molar-refractivity contribution in [1.82, 2.24) is 9.80 Å². The largest absolute Gasteiger partial charge is 0.454 e. The van der Waals surface area contributed by atoms with Gasteiger partial charge in [0.05, 0.1) is 0 Å². The summed E-state index contributed by atoms with van der Waals surface area (Å²) in [6.07, 6.45) is 0.223. The monoisotopic (exact) mass is 480 g/mol. The quantitative estimate of drug-likeness (QED) is 0.540. The summed E-state index contributed by atoms with van der Waals surface area (Å²) in [4.78, 5) is 29.2. The van der Waals surface area contributed by atoms with Gasteiger partial charge in [-0.3, -0.25) is 9.59 Å². The van der Waals surface area contributed by atoms with Crippen molar-refractivity contribution in [1.29, 1.82) is 0 Å². The minimum Gasteiger partial charge on any atom is -0.454 e. The standard InChI is InChI=1S/C26H22ClFN2O4/c27-21-14-24-23(33-16-34-24)13-19(21)15-30-12-11-29(10-9-25(30)31)26(32)18-7-5-17(6-8-18)20-3-1-2-4-22(20)28/h1-8,13-14H,9-12,15-16H2. The van der Waals surface area contributed by atoms with E-state index >= 15 is 0 Å². The van der Waals surface area contributed by atoms with E-state index < -0.39 is 0 Å². The number of fused-ring (bicyclic) bond motifs is 1. The van der Waals surface area contributed by atoms with Crippen LogP contribution in [0.3, 0.4) is 0 Å². The van der Waals surface area contributed by atoms with Crippen molar-refractivity contribution in [3.8, 4) is 22.6 Å². The molecule has 174 valence electrons. The zero-order chi connectivity index (χ0) is 23.7. The summed E-state index contributed by atoms with van der Waals surface area (Å²) in [6, 6.07) is 16.9. The van der Waals surface area contributed by atoms with Gasteiger partial charge in [0.2, 0.25) is 12.7 Å². The van der Waals surface area contributed by atoms with Crippen LogP contribution in [-0.4, -0.2) is 48.0 Å². The molecule has 6 nitrogen and oxygen atoms in total. The molecule has 3 aromatic rings. The Hall–Kier alpha value is -3.58. The number of hydrogen-bond donors (Lipinski definition) is 0. The van der Waals surface area contributed by atoms with E-state index in [-0.39, 0.29) is 30.8 Å². The normalized spacial score (nSPS) is 15.4. The highest BCUT2D eigenvalue weighted by molar-refractivity contribution is 6.31. The molecule has 0 spiro atoms. The van der Waals surface area contributed by atoms with Gasteiger partial charge >= 0.3 is 0 Å². The van der Waals surface area contributed by atoms with Gasteiger partial charge in [-0.05, 0) is 35.4 Å². The third-order valence-corrected chi connectivity index (χ3v) is 6.45. The zero-order valence-electron chi connectivity index (χ0n) is 18.3. The Morgan fingerprint density at radius 1 is 0.971 bits per heavy atom. The lowest BCUT2D eigenvalue weighted by Gasteiger charge is -2.23. The van der Waals surface area contributed by atoms with Crippen LogP contribution in [-0.2, 0) is 11.3 Å². The Morgan fingerprint density at radius 3 is 2.47 bits per heavy atom. The molecule has 5 rings (SSSR count). The third kappa shape index (κ3) is 4.43. The Bertz CT molecular complexity index is 1250. The molecule has 0 aromatic heterocycles. The van der Waals surface area contributed by atoms with E-state index in [4.69, 9.17) is 21.1 Å². The molecule has 0 atom stereocenters. The van der Waals surface area contributed by atoms with Gasteiger partial charge in [-0.2, -0.15) is 0 Å². The molecule has 0 unspecified atom stereocenters. The Morgan fingerprint density at radius 2 is 1.71 bits per heavy atom. The topological polar surface area (TPSA) is 59.1 Å². The Labute approximate surface area is 201 Å². The highest BCUT2D eigenvalue weighted by atomic mass is 35.5. The van der Waals surface area contributed by atoms with E-state index in [1.165, 1.54) is 6.07 Å². The molecule has 34 heavy (non-hydrogen) atoms. The van der Waals surface area contributed by atoms with Crippen LogP contribution in [0.5, 0.6) is 11.5 Å². The maximum absolute atomic E-state index is 14.1. The van der Waals surface area contributed by atoms with Gasteiger partial charge in [-0.1, -0.05) is 41.9 Å². The van der Waals surface area contributed by atoms with Crippen LogP contribution in [0.25, 0.3) is 11.1 Å². The Balaban J connectivity index is 1.26. The number of ether oxygens (including phenoxy) is 2. The van der Waals surface area contributed by atoms with Crippen molar-refractivity contribution in [3.63, 3.8) is 0 Å². The first-order valence-corrected chi connectivity index (χ1v) is 11.4. The molecule has 2 aliphatic rings. The molecule has 2 amide bonds. The minimum absolute atomic E-state index is 0.0427. The van der Waals surface area contributed by atoms with Gasteiger partial charge in [-0.15, -0.1) is 0 Å². The molecule has 0 N–H and O–H groups in total. The molecule has 0 radical (unpaired) electrons. The van der Waals surface area contributed by atoms with E-state index in [1.54, 1.807) is 64.4 Å². The Kier molecular flexibility index (Phi) is 6.11. The summed E-state index contributed by atoms with van der Waals surface area (Å²) in [5.41, 5.74) is 2.45. The fraction of sp³-hybridized carbons (Fsp3) is 0.231. The average Bonchev–Trinajstić information content (AvgIpc) is 3.22. The molecule has 8 heteroatoms. The number of carbonyl (C=O) groups excluding carboxylic acids is 2. The van der Waals surface area contributed by atoms with Crippen LogP contribution < -0.4 is 9.47 Å². The summed E-state index contributed by atoms with van der Waals surface area (Å²) in [6.45, 7) is 1.60. The smallest absolute Gasteiger partial charge is 0.253 e. The molecular weight excluding hydrogens is 459 g/mol. The van der Waals surface area contributed by atoms with Crippen molar-refractivity contribution in [2.75, 3.05) is 26.4 Å². The second-order valence-electron chi connectivity index (χ2n) is 8.21. The van der Waals surface area contributed by atoms with Crippen molar-refractivity contribution >= 4 is 23.4 Å². The van der Waals surface area contributed by atoms with E-state index in [9.17, 15) is 14.0 Å². The molecule has 1 fully saturated rings. The number of halogens is 2. The van der Waals surface area contributed by atoms with E-state index in [0.29, 0.717) is 59.4 Å². The molecule has 2 aliphatic heterocycles. The molecule has 1 saturated heterocycles. The molecule has 2 heterocycles. The van der Waals surface area contributed by atoms with Gasteiger partial charge in [0.15, 0.2) is 11.5 Å². The second-order valence-corrected chi connectivity index (χ2v) is 8.62. The fourth-order valence-corrected chi connectivity index (χ4v) is 4.41. The van der Waals surface area contributed by atoms with Crippen LogP contribution >= 0.6 is 11.6 Å². The predicted octanol–water partition coefficient (Wildman–Crippen LogP) is 4.75. The summed E-state index contributed by atoms with van der Waals surface area (Å²) in [7, 11) is 0. The van der Waals surface area contributed by atoms with Crippen molar-refractivity contribution in [2.24, 2.45) is 0 Å². The van der Waals surface area contributed by atoms with Gasteiger partial charge in [0.25, 0.3) is 5.91 Å². The lowest BCUT2D eigenvalue weighted by molar-refractivity contribution is -0.130. The highest BCUT2D eigenvalue weighted by Crippen LogP contribution is 2.37. The summed E-state index contributed by atoms with van der Waals surface area (Å²) in [5.74, 6) is 0.691. The number of amides is 2. The molecular formula is C26H22ClFN2O4. The minimum atomic E-state index is -0.310. The van der Waals surface area contributed by atoms with Crippen LogP contribution in [0.2, 0.25) is 5.02 Å². The summed E-state index contributed by atoms with van der Waals surface area (Å²) >= 11 is 6.38. The number of nitrogens with zero attached hydrogens (tertiary/aromatic N) is 2. The molecule has 0 saturated carbocycles. The zero-order valence-corrected chi connectivity index (χ0v) is 19.1. The lowest BCUT2D eigenvalue weighted by Crippen LogP contribution is -2.35. The maximum Gasteiger partial charge on any atom is 0.253 e. The van der Waals surface area contributed by atoms with Crippen molar-refractivity contribution in [3.05, 3.63) is 82.6 Å². The van der Waals surface area contributed by atoms with E-state index in [2.05, 4.69) is 0 Å². The number of rotatable bonds is 4. The van der Waals surface area contributed by atoms with Crippen LogP contribution in [0.1, 0.15) is 22.3 Å². The molecule has 0 bridgehead atoms. The average molecular weight is 481 g/mol. The van der Waals surface area contributed by atoms with Gasteiger partial charge in [0.1, 0.15) is 5.82 Å². The third-order valence-electron chi connectivity index (χ3n) is 6.09. The van der Waals surface area contributed by atoms with Gasteiger partial charge in [0, 0.05) is 54.8 Å². The predicted molar refractivity (Wildman–Crippen MR) is 125 cm³/mol. The first kappa shape index (κ1) is 22.2. The highest BCUT2D eigenvalue weighted by Gasteiger charge is 2.26. The van der Waals surface area contributed by atoms with Gasteiger partial charge in [-0.25, -0.2) is 4.39 Å². The van der Waals surface area contributed by atoms with Crippen molar-refractivity contribution < 1.29 is 23.5 Å². The van der Waals surface area contributed by atoms with Crippen LogP contribution in [0, 0.1) is 5.82 Å². The number of carbonyl (C=O) groups is 2. The number of hydrogen-bond acceptors (Lipinski definition) is 4.